The average molecular weight is 361 g/mol. The van der Waals surface area contributed by atoms with E-state index in [1.165, 1.54) is 18.2 Å². The molecule has 0 radical (unpaired) electrons. The van der Waals surface area contributed by atoms with Crippen LogP contribution in [0.2, 0.25) is 0 Å². The van der Waals surface area contributed by atoms with Gasteiger partial charge in [-0.1, -0.05) is 12.0 Å². The van der Waals surface area contributed by atoms with Crippen molar-refractivity contribution in [1.29, 1.82) is 0 Å². The normalized spacial score (nSPS) is 18.3. The number of terminal acetylenes is 1. The van der Waals surface area contributed by atoms with Gasteiger partial charge < -0.3 is 10.2 Å². The minimum Gasteiger partial charge on any atom is -0.354 e. The summed E-state index contributed by atoms with van der Waals surface area (Å²) in [5.74, 6) is 1.87. The van der Waals surface area contributed by atoms with Crippen molar-refractivity contribution in [2.75, 3.05) is 26.2 Å². The van der Waals surface area contributed by atoms with Crippen molar-refractivity contribution in [2.45, 2.75) is 23.8 Å². The lowest BCUT2D eigenvalue weighted by Gasteiger charge is -2.26. The number of rotatable bonds is 5. The maximum atomic E-state index is 12.7. The van der Waals surface area contributed by atoms with E-state index in [2.05, 4.69) is 11.2 Å². The highest BCUT2D eigenvalue weighted by atomic mass is 32.2. The van der Waals surface area contributed by atoms with Crippen molar-refractivity contribution in [1.82, 2.24) is 14.5 Å². The molecule has 0 atom stereocenters. The summed E-state index contributed by atoms with van der Waals surface area (Å²) in [5.41, 5.74) is 0.282. The molecule has 0 bridgehead atoms. The first kappa shape index (κ1) is 17.5. The van der Waals surface area contributed by atoms with E-state index >= 15 is 0 Å². The molecule has 2 amide bonds. The zero-order chi connectivity index (χ0) is 18.0. The number of nitrogens with one attached hydrogen (secondary N) is 1. The van der Waals surface area contributed by atoms with Gasteiger partial charge in [-0.05, 0) is 31.0 Å². The summed E-state index contributed by atoms with van der Waals surface area (Å²) in [4.78, 5) is 25.8. The molecular formula is C17H19N3O4S. The van der Waals surface area contributed by atoms with Crippen molar-refractivity contribution < 1.29 is 18.0 Å². The van der Waals surface area contributed by atoms with E-state index in [9.17, 15) is 18.0 Å². The second-order valence-corrected chi connectivity index (χ2v) is 8.02. The molecule has 1 N–H and O–H groups in total. The SMILES string of the molecule is C#CCN(C(=O)c1cccc(S(=O)(=O)N2CCNC(=O)C2)c1)C1CC1. The van der Waals surface area contributed by atoms with Crippen LogP contribution in [0.15, 0.2) is 29.2 Å². The fourth-order valence-electron chi connectivity index (χ4n) is 2.78. The molecule has 3 rings (SSSR count). The van der Waals surface area contributed by atoms with Crippen LogP contribution < -0.4 is 5.32 Å². The van der Waals surface area contributed by atoms with E-state index in [-0.39, 0.29) is 54.5 Å². The Morgan fingerprint density at radius 2 is 2.16 bits per heavy atom. The van der Waals surface area contributed by atoms with Crippen LogP contribution in [0.5, 0.6) is 0 Å². The fraction of sp³-hybridized carbons (Fsp3) is 0.412. The van der Waals surface area contributed by atoms with Crippen molar-refractivity contribution in [2.24, 2.45) is 0 Å². The maximum Gasteiger partial charge on any atom is 0.254 e. The van der Waals surface area contributed by atoms with Crippen molar-refractivity contribution in [3.63, 3.8) is 0 Å². The molecule has 1 aromatic rings. The van der Waals surface area contributed by atoms with E-state index in [0.29, 0.717) is 0 Å². The number of piperazine rings is 1. The van der Waals surface area contributed by atoms with Crippen molar-refractivity contribution in [3.8, 4) is 12.3 Å². The Morgan fingerprint density at radius 1 is 1.40 bits per heavy atom. The Morgan fingerprint density at radius 3 is 2.80 bits per heavy atom. The smallest absolute Gasteiger partial charge is 0.254 e. The number of benzene rings is 1. The van der Waals surface area contributed by atoms with E-state index in [1.807, 2.05) is 0 Å². The number of nitrogens with zero attached hydrogens (tertiary/aromatic N) is 2. The van der Waals surface area contributed by atoms with Crippen LogP contribution in [-0.2, 0) is 14.8 Å². The highest BCUT2D eigenvalue weighted by Gasteiger charge is 2.34. The maximum absolute atomic E-state index is 12.7. The standard InChI is InChI=1S/C17H19N3O4S/c1-2-9-20(14-6-7-14)17(22)13-4-3-5-15(11-13)25(23,24)19-10-8-18-16(21)12-19/h1,3-5,11,14H,6-10,12H2,(H,18,21). The van der Waals surface area contributed by atoms with Gasteiger partial charge in [0.1, 0.15) is 0 Å². The first-order valence-corrected chi connectivity index (χ1v) is 9.49. The van der Waals surface area contributed by atoms with Crippen LogP contribution >= 0.6 is 0 Å². The van der Waals surface area contributed by atoms with Gasteiger partial charge >= 0.3 is 0 Å². The Bertz CT molecular complexity index is 840. The number of amides is 2. The summed E-state index contributed by atoms with van der Waals surface area (Å²) in [6.07, 6.45) is 7.16. The van der Waals surface area contributed by atoms with Crippen LogP contribution in [-0.4, -0.2) is 61.7 Å². The zero-order valence-electron chi connectivity index (χ0n) is 13.6. The highest BCUT2D eigenvalue weighted by Crippen LogP contribution is 2.28. The van der Waals surface area contributed by atoms with Gasteiger partial charge in [0.25, 0.3) is 5.91 Å². The molecule has 0 spiro atoms. The monoisotopic (exact) mass is 361 g/mol. The van der Waals surface area contributed by atoms with Gasteiger partial charge in [-0.2, -0.15) is 4.31 Å². The van der Waals surface area contributed by atoms with Gasteiger partial charge in [-0.25, -0.2) is 8.42 Å². The molecule has 1 saturated carbocycles. The van der Waals surface area contributed by atoms with Gasteiger partial charge in [0, 0.05) is 24.7 Å². The highest BCUT2D eigenvalue weighted by molar-refractivity contribution is 7.89. The lowest BCUT2D eigenvalue weighted by molar-refractivity contribution is -0.122. The molecule has 2 aliphatic rings. The second kappa shape index (κ2) is 6.86. The van der Waals surface area contributed by atoms with Crippen LogP contribution in [0, 0.1) is 12.3 Å². The molecule has 1 saturated heterocycles. The van der Waals surface area contributed by atoms with Crippen molar-refractivity contribution in [3.05, 3.63) is 29.8 Å². The largest absolute Gasteiger partial charge is 0.354 e. The first-order chi connectivity index (χ1) is 11.9. The van der Waals surface area contributed by atoms with E-state index in [0.717, 1.165) is 17.1 Å². The molecular weight excluding hydrogens is 342 g/mol. The predicted molar refractivity (Wildman–Crippen MR) is 91.1 cm³/mol. The molecule has 2 fully saturated rings. The number of hydrogen-bond donors (Lipinski definition) is 1. The van der Waals surface area contributed by atoms with Crippen LogP contribution in [0.1, 0.15) is 23.2 Å². The third kappa shape index (κ3) is 3.67. The summed E-state index contributed by atoms with van der Waals surface area (Å²) >= 11 is 0. The summed E-state index contributed by atoms with van der Waals surface area (Å²) in [5, 5.41) is 2.59. The van der Waals surface area contributed by atoms with Crippen LogP contribution in [0.4, 0.5) is 0 Å². The second-order valence-electron chi connectivity index (χ2n) is 6.08. The molecule has 1 aliphatic heterocycles. The van der Waals surface area contributed by atoms with Gasteiger partial charge in [-0.3, -0.25) is 9.59 Å². The van der Waals surface area contributed by atoms with Crippen LogP contribution in [0.25, 0.3) is 0 Å². The minimum atomic E-state index is -3.83. The Labute approximate surface area is 147 Å². The van der Waals surface area contributed by atoms with E-state index in [4.69, 9.17) is 6.42 Å². The number of sulfonamides is 1. The molecule has 132 valence electrons. The lowest BCUT2D eigenvalue weighted by Crippen LogP contribution is -2.49. The summed E-state index contributed by atoms with van der Waals surface area (Å²) < 4.78 is 26.6. The third-order valence-electron chi connectivity index (χ3n) is 4.23. The summed E-state index contributed by atoms with van der Waals surface area (Å²) in [6.45, 7) is 0.463. The van der Waals surface area contributed by atoms with Gasteiger partial charge in [-0.15, -0.1) is 6.42 Å². The average Bonchev–Trinajstić information content (AvgIpc) is 3.44. The Hall–Kier alpha value is -2.37. The van der Waals surface area contributed by atoms with Crippen LogP contribution in [0.3, 0.4) is 0 Å². The molecule has 7 nitrogen and oxygen atoms in total. The van der Waals surface area contributed by atoms with Gasteiger partial charge in [0.15, 0.2) is 0 Å². The quantitative estimate of drug-likeness (QED) is 0.751. The fourth-order valence-corrected chi connectivity index (χ4v) is 4.22. The Kier molecular flexibility index (Phi) is 4.79. The first-order valence-electron chi connectivity index (χ1n) is 8.05. The van der Waals surface area contributed by atoms with E-state index < -0.39 is 10.0 Å². The zero-order valence-corrected chi connectivity index (χ0v) is 14.5. The number of carbonyl (C=O) groups excluding carboxylic acids is 2. The molecule has 25 heavy (non-hydrogen) atoms. The number of hydrogen-bond acceptors (Lipinski definition) is 4. The molecule has 0 aromatic heterocycles. The predicted octanol–water partition coefficient (Wildman–Crippen LogP) is 0.0449. The van der Waals surface area contributed by atoms with E-state index in [1.54, 1.807) is 11.0 Å². The number of carbonyl (C=O) groups is 2. The topological polar surface area (TPSA) is 86.8 Å². The molecule has 0 unspecified atom stereocenters. The summed E-state index contributed by atoms with van der Waals surface area (Å²) in [6, 6.07) is 6.04. The van der Waals surface area contributed by atoms with Gasteiger partial charge in [0.2, 0.25) is 15.9 Å². The molecule has 1 aliphatic carbocycles. The summed E-state index contributed by atoms with van der Waals surface area (Å²) in [7, 11) is -3.83. The van der Waals surface area contributed by atoms with Crippen molar-refractivity contribution >= 4 is 21.8 Å². The minimum absolute atomic E-state index is 0.00417. The molecule has 8 heteroatoms. The third-order valence-corrected chi connectivity index (χ3v) is 6.07. The Balaban J connectivity index is 1.87. The van der Waals surface area contributed by atoms with Gasteiger partial charge in [0.05, 0.1) is 18.0 Å². The molecule has 1 aromatic carbocycles. The molecule has 1 heterocycles. The lowest BCUT2D eigenvalue weighted by atomic mass is 10.2.